The molecule has 44 heavy (non-hydrogen) atoms. The van der Waals surface area contributed by atoms with E-state index in [-0.39, 0.29) is 5.41 Å². The van der Waals surface area contributed by atoms with Gasteiger partial charge in [-0.1, -0.05) is 105 Å². The zero-order valence-corrected chi connectivity index (χ0v) is 24.4. The molecule has 0 spiro atoms. The summed E-state index contributed by atoms with van der Waals surface area (Å²) in [5, 5.41) is 0. The van der Waals surface area contributed by atoms with Crippen molar-refractivity contribution in [1.82, 2.24) is 9.55 Å². The van der Waals surface area contributed by atoms with Crippen LogP contribution in [0.15, 0.2) is 133 Å². The molecule has 0 amide bonds. The number of aromatic nitrogens is 2. The number of hydrogen-bond donors (Lipinski definition) is 0. The lowest BCUT2D eigenvalue weighted by Crippen LogP contribution is -2.15. The Morgan fingerprint density at radius 1 is 0.523 bits per heavy atom. The highest BCUT2D eigenvalue weighted by molar-refractivity contribution is 5.91. The predicted molar refractivity (Wildman–Crippen MR) is 176 cm³/mol. The molecule has 7 aromatic rings. The summed E-state index contributed by atoms with van der Waals surface area (Å²) in [6.45, 7) is 4.55. The summed E-state index contributed by atoms with van der Waals surface area (Å²) in [6.07, 6.45) is 0. The molecule has 0 unspecified atom stereocenters. The van der Waals surface area contributed by atoms with Gasteiger partial charge in [0.05, 0.1) is 11.0 Å². The molecule has 0 fully saturated rings. The van der Waals surface area contributed by atoms with Crippen LogP contribution >= 0.6 is 0 Å². The Balaban J connectivity index is 1.21. The summed E-state index contributed by atoms with van der Waals surface area (Å²) in [5.41, 5.74) is 11.0. The van der Waals surface area contributed by atoms with Gasteiger partial charge in [-0.2, -0.15) is 0 Å². The zero-order valence-electron chi connectivity index (χ0n) is 24.4. The van der Waals surface area contributed by atoms with Crippen molar-refractivity contribution >= 4 is 11.0 Å². The third-order valence-corrected chi connectivity index (χ3v) is 9.09. The monoisotopic (exact) mass is 568 g/mol. The van der Waals surface area contributed by atoms with Crippen LogP contribution < -0.4 is 9.47 Å². The van der Waals surface area contributed by atoms with Crippen LogP contribution in [0.5, 0.6) is 23.0 Å². The van der Waals surface area contributed by atoms with Crippen LogP contribution in [0.4, 0.5) is 0 Å². The standard InChI is InChI=1S/C40H28N2O2/c1-40(2)31-19-9-8-16-27(31)30-23-36-37(24-32(30)40)43-35-22-12-18-28(38(35)44-36)26-15-6-7-17-29(26)39-41-33-20-10-11-21-34(33)42(39)25-13-4-3-5-14-25/h3-24H,1-2H3. The summed E-state index contributed by atoms with van der Waals surface area (Å²) in [4.78, 5) is 5.16. The molecule has 1 aliphatic carbocycles. The molecular weight excluding hydrogens is 540 g/mol. The normalized spacial score (nSPS) is 13.8. The van der Waals surface area contributed by atoms with Gasteiger partial charge in [0.1, 0.15) is 5.82 Å². The number of ether oxygens (including phenoxy) is 2. The Bertz CT molecular complexity index is 2260. The number of hydrogen-bond acceptors (Lipinski definition) is 3. The summed E-state index contributed by atoms with van der Waals surface area (Å²) in [7, 11) is 0. The van der Waals surface area contributed by atoms with E-state index in [0.717, 1.165) is 50.7 Å². The summed E-state index contributed by atoms with van der Waals surface area (Å²) in [6, 6.07) is 46.2. The van der Waals surface area contributed by atoms with Gasteiger partial charge in [-0.05, 0) is 70.3 Å². The fraction of sp³-hybridized carbons (Fsp3) is 0.0750. The van der Waals surface area contributed by atoms with Crippen molar-refractivity contribution in [2.24, 2.45) is 0 Å². The minimum atomic E-state index is -0.115. The molecule has 6 aromatic carbocycles. The first kappa shape index (κ1) is 24.9. The minimum Gasteiger partial charge on any atom is -0.449 e. The van der Waals surface area contributed by atoms with Crippen molar-refractivity contribution in [3.05, 3.63) is 145 Å². The Hall–Kier alpha value is -5.61. The fourth-order valence-electron chi connectivity index (χ4n) is 6.97. The van der Waals surface area contributed by atoms with Gasteiger partial charge in [0.2, 0.25) is 0 Å². The zero-order chi connectivity index (χ0) is 29.4. The fourth-order valence-corrected chi connectivity index (χ4v) is 6.97. The van der Waals surface area contributed by atoms with Crippen LogP contribution in [0.2, 0.25) is 0 Å². The van der Waals surface area contributed by atoms with Gasteiger partial charge in [0, 0.05) is 22.2 Å². The maximum Gasteiger partial charge on any atom is 0.177 e. The lowest BCUT2D eigenvalue weighted by Gasteiger charge is -2.26. The van der Waals surface area contributed by atoms with E-state index >= 15 is 0 Å². The van der Waals surface area contributed by atoms with Crippen LogP contribution in [-0.2, 0) is 5.41 Å². The van der Waals surface area contributed by atoms with E-state index in [1.807, 2.05) is 24.3 Å². The number of rotatable bonds is 3. The van der Waals surface area contributed by atoms with Crippen LogP contribution in [0, 0.1) is 0 Å². The number of imidazole rings is 1. The molecule has 1 aliphatic heterocycles. The van der Waals surface area contributed by atoms with Crippen molar-refractivity contribution in [3.8, 4) is 62.3 Å². The predicted octanol–water partition coefficient (Wildman–Crippen LogP) is 10.6. The molecule has 0 atom stereocenters. The second-order valence-corrected chi connectivity index (χ2v) is 12.0. The van der Waals surface area contributed by atoms with E-state index in [1.165, 1.54) is 22.3 Å². The summed E-state index contributed by atoms with van der Waals surface area (Å²) < 4.78 is 15.6. The molecule has 0 saturated heterocycles. The van der Waals surface area contributed by atoms with E-state index < -0.39 is 0 Å². The highest BCUT2D eigenvalue weighted by atomic mass is 16.6. The third kappa shape index (κ3) is 3.54. The van der Waals surface area contributed by atoms with Gasteiger partial charge in [-0.25, -0.2) is 4.98 Å². The van der Waals surface area contributed by atoms with E-state index in [4.69, 9.17) is 14.5 Å². The van der Waals surface area contributed by atoms with Crippen molar-refractivity contribution in [2.75, 3.05) is 0 Å². The molecule has 0 saturated carbocycles. The van der Waals surface area contributed by atoms with Crippen molar-refractivity contribution in [1.29, 1.82) is 0 Å². The second-order valence-electron chi connectivity index (χ2n) is 12.0. The first-order valence-electron chi connectivity index (χ1n) is 15.0. The first-order chi connectivity index (χ1) is 21.6. The first-order valence-corrected chi connectivity index (χ1v) is 15.0. The molecule has 0 radical (unpaired) electrons. The Labute approximate surface area is 255 Å². The van der Waals surface area contributed by atoms with Gasteiger partial charge in [0.15, 0.2) is 23.0 Å². The highest BCUT2D eigenvalue weighted by Gasteiger charge is 2.37. The number of fused-ring (bicyclic) bond motifs is 6. The summed E-state index contributed by atoms with van der Waals surface area (Å²) in [5.74, 6) is 3.76. The number of nitrogens with zero attached hydrogens (tertiary/aromatic N) is 2. The lowest BCUT2D eigenvalue weighted by atomic mass is 9.82. The summed E-state index contributed by atoms with van der Waals surface area (Å²) >= 11 is 0. The average Bonchev–Trinajstić information content (AvgIpc) is 3.56. The molecule has 210 valence electrons. The third-order valence-electron chi connectivity index (χ3n) is 9.09. The van der Waals surface area contributed by atoms with E-state index in [2.05, 4.69) is 128 Å². The molecule has 0 N–H and O–H groups in total. The molecule has 0 bridgehead atoms. The smallest absolute Gasteiger partial charge is 0.177 e. The van der Waals surface area contributed by atoms with E-state index in [1.54, 1.807) is 0 Å². The van der Waals surface area contributed by atoms with Crippen LogP contribution in [0.3, 0.4) is 0 Å². The molecule has 4 heteroatoms. The molecule has 2 heterocycles. The maximum absolute atomic E-state index is 6.78. The van der Waals surface area contributed by atoms with Crippen LogP contribution in [-0.4, -0.2) is 9.55 Å². The molecule has 1 aromatic heterocycles. The quantitative estimate of drug-likeness (QED) is 0.213. The average molecular weight is 569 g/mol. The van der Waals surface area contributed by atoms with Crippen molar-refractivity contribution < 1.29 is 9.47 Å². The van der Waals surface area contributed by atoms with Gasteiger partial charge in [-0.3, -0.25) is 4.57 Å². The number of benzene rings is 6. The minimum absolute atomic E-state index is 0.115. The molecule has 9 rings (SSSR count). The van der Waals surface area contributed by atoms with E-state index in [0.29, 0.717) is 11.5 Å². The van der Waals surface area contributed by atoms with Crippen molar-refractivity contribution in [2.45, 2.75) is 19.3 Å². The van der Waals surface area contributed by atoms with Crippen molar-refractivity contribution in [3.63, 3.8) is 0 Å². The molecule has 4 nitrogen and oxygen atoms in total. The van der Waals surface area contributed by atoms with Crippen LogP contribution in [0.25, 0.3) is 50.4 Å². The SMILES string of the molecule is CC1(C)c2ccccc2-c2cc3c(cc21)Oc1cccc(-c2ccccc2-c2nc4ccccc4n2-c2ccccc2)c1O3. The Morgan fingerprint density at radius 2 is 1.20 bits per heavy atom. The topological polar surface area (TPSA) is 36.3 Å². The maximum atomic E-state index is 6.78. The second kappa shape index (κ2) is 9.19. The van der Waals surface area contributed by atoms with Gasteiger partial charge in [-0.15, -0.1) is 0 Å². The van der Waals surface area contributed by atoms with Crippen LogP contribution in [0.1, 0.15) is 25.0 Å². The lowest BCUT2D eigenvalue weighted by molar-refractivity contribution is 0.360. The Morgan fingerprint density at radius 3 is 2.07 bits per heavy atom. The van der Waals surface area contributed by atoms with Gasteiger partial charge >= 0.3 is 0 Å². The molecule has 2 aliphatic rings. The highest BCUT2D eigenvalue weighted by Crippen LogP contribution is 2.56. The Kier molecular flexibility index (Phi) is 5.21. The molecular formula is C40H28N2O2. The van der Waals surface area contributed by atoms with Gasteiger partial charge in [0.25, 0.3) is 0 Å². The number of para-hydroxylation sites is 4. The largest absolute Gasteiger partial charge is 0.449 e. The van der Waals surface area contributed by atoms with E-state index in [9.17, 15) is 0 Å². The van der Waals surface area contributed by atoms with Gasteiger partial charge < -0.3 is 9.47 Å².